The Morgan fingerprint density at radius 3 is 2.77 bits per heavy atom. The molecule has 2 amide bonds. The van der Waals surface area contributed by atoms with Gasteiger partial charge in [-0.25, -0.2) is 4.98 Å². The van der Waals surface area contributed by atoms with Gasteiger partial charge in [0.2, 0.25) is 5.91 Å². The van der Waals surface area contributed by atoms with Gasteiger partial charge in [-0.15, -0.1) is 0 Å². The van der Waals surface area contributed by atoms with Crippen molar-refractivity contribution in [1.82, 2.24) is 29.9 Å². The lowest BCUT2D eigenvalue weighted by Gasteiger charge is -2.30. The molecule has 9 heteroatoms. The summed E-state index contributed by atoms with van der Waals surface area (Å²) in [7, 11) is 5.92. The van der Waals surface area contributed by atoms with Gasteiger partial charge in [-0.2, -0.15) is 5.10 Å². The number of hydrogen-bond acceptors (Lipinski definition) is 6. The van der Waals surface area contributed by atoms with Gasteiger partial charge < -0.3 is 20.4 Å². The minimum Gasteiger partial charge on any atom is -0.348 e. The third-order valence-corrected chi connectivity index (χ3v) is 9.03. The number of carbonyl (C=O) groups is 2. The van der Waals surface area contributed by atoms with E-state index in [2.05, 4.69) is 32.3 Å². The van der Waals surface area contributed by atoms with Gasteiger partial charge in [-0.3, -0.25) is 14.3 Å². The fraction of sp³-hybridized carbons (Fsp3) is 0.467. The molecule has 2 aromatic heterocycles. The van der Waals surface area contributed by atoms with Crippen LogP contribution in [0.5, 0.6) is 0 Å². The van der Waals surface area contributed by atoms with Gasteiger partial charge in [-0.05, 0) is 79.9 Å². The van der Waals surface area contributed by atoms with Crippen molar-refractivity contribution in [2.75, 3.05) is 33.0 Å². The Balaban J connectivity index is 1.21. The van der Waals surface area contributed by atoms with Gasteiger partial charge in [0.1, 0.15) is 5.82 Å². The molecular formula is C30H35N7O2. The Morgan fingerprint density at radius 1 is 1.15 bits per heavy atom. The first kappa shape index (κ1) is 24.3. The van der Waals surface area contributed by atoms with Crippen molar-refractivity contribution in [1.29, 1.82) is 0 Å². The molecule has 1 spiro atoms. The monoisotopic (exact) mass is 525 g/mol. The summed E-state index contributed by atoms with van der Waals surface area (Å²) in [5.74, 6) is 0.993. The maximum absolute atomic E-state index is 13.0. The Hall–Kier alpha value is -3.72. The summed E-state index contributed by atoms with van der Waals surface area (Å²) < 4.78 is 2.17. The summed E-state index contributed by atoms with van der Waals surface area (Å²) in [5.41, 5.74) is 8.55. The van der Waals surface area contributed by atoms with Crippen LogP contribution in [0.15, 0.2) is 30.5 Å². The summed E-state index contributed by atoms with van der Waals surface area (Å²) in [6.07, 6.45) is 7.06. The number of amides is 2. The lowest BCUT2D eigenvalue weighted by atomic mass is 9.88. The standard InChI is InChI=1S/C30H35N7O2/c1-35(2)16-24-19(18-8-11-36(3)27(38)12-18)5-7-26(34-24)33-23-6-4-20(22-14-31-29(39)28(22)23)21-15-32-37-17-30(9-10-30)13-25(21)37/h4-7,15,18H,8-14,16-17H2,1-3H3,(H,31,39)(H,33,34)/t18-/m1/s1. The van der Waals surface area contributed by atoms with Crippen LogP contribution in [0.3, 0.4) is 0 Å². The predicted molar refractivity (Wildman–Crippen MR) is 149 cm³/mol. The second-order valence-electron chi connectivity index (χ2n) is 12.1. The first-order valence-corrected chi connectivity index (χ1v) is 13.9. The number of nitrogens with zero attached hydrogens (tertiary/aromatic N) is 5. The lowest BCUT2D eigenvalue weighted by molar-refractivity contribution is -0.132. The molecule has 3 aromatic rings. The molecule has 2 N–H and O–H groups in total. The zero-order valence-corrected chi connectivity index (χ0v) is 22.9. The Kier molecular flexibility index (Phi) is 5.56. The van der Waals surface area contributed by atoms with E-state index < -0.39 is 0 Å². The SMILES string of the molecule is CN(C)Cc1nc(Nc2ccc(-c3cnn4c3CC3(CC3)C4)c3c2C(=O)NC3)ccc1[C@@H]1CCN(C)C(=O)C1. The smallest absolute Gasteiger partial charge is 0.254 e. The third kappa shape index (κ3) is 4.19. The highest BCUT2D eigenvalue weighted by atomic mass is 16.2. The van der Waals surface area contributed by atoms with E-state index in [0.29, 0.717) is 36.3 Å². The number of pyridine rings is 1. The van der Waals surface area contributed by atoms with E-state index in [1.165, 1.54) is 18.5 Å². The van der Waals surface area contributed by atoms with Crippen molar-refractivity contribution >= 4 is 23.3 Å². The summed E-state index contributed by atoms with van der Waals surface area (Å²) in [4.78, 5) is 34.4. The highest BCUT2D eigenvalue weighted by molar-refractivity contribution is 6.06. The number of fused-ring (bicyclic) bond motifs is 2. The number of piperidine rings is 1. The van der Waals surface area contributed by atoms with Crippen LogP contribution >= 0.6 is 0 Å². The summed E-state index contributed by atoms with van der Waals surface area (Å²) in [6.45, 7) is 2.97. The van der Waals surface area contributed by atoms with E-state index in [1.54, 1.807) is 0 Å². The molecule has 0 unspecified atom stereocenters. The van der Waals surface area contributed by atoms with Gasteiger partial charge in [0.05, 0.1) is 23.1 Å². The fourth-order valence-electron chi connectivity index (χ4n) is 6.63. The Labute approximate surface area is 228 Å². The molecule has 5 heterocycles. The molecule has 39 heavy (non-hydrogen) atoms. The fourth-order valence-corrected chi connectivity index (χ4v) is 6.63. The minimum atomic E-state index is -0.0631. The molecule has 9 nitrogen and oxygen atoms in total. The van der Waals surface area contributed by atoms with Crippen molar-refractivity contribution in [3.63, 3.8) is 0 Å². The van der Waals surface area contributed by atoms with E-state index in [0.717, 1.165) is 59.6 Å². The number of likely N-dealkylation sites (tertiary alicyclic amines) is 1. The number of aromatic nitrogens is 3. The van der Waals surface area contributed by atoms with Crippen molar-refractivity contribution < 1.29 is 9.59 Å². The normalized spacial score (nSPS) is 20.9. The van der Waals surface area contributed by atoms with E-state index in [4.69, 9.17) is 10.1 Å². The topological polar surface area (TPSA) is 95.4 Å². The van der Waals surface area contributed by atoms with E-state index in [9.17, 15) is 9.59 Å². The number of rotatable bonds is 6. The predicted octanol–water partition coefficient (Wildman–Crippen LogP) is 3.67. The molecule has 3 aliphatic heterocycles. The second-order valence-corrected chi connectivity index (χ2v) is 12.1. The number of nitrogens with one attached hydrogen (secondary N) is 2. The molecule has 4 aliphatic rings. The molecule has 202 valence electrons. The van der Waals surface area contributed by atoms with Gasteiger partial charge >= 0.3 is 0 Å². The average Bonchev–Trinajstić information content (AvgIpc) is 3.17. The highest BCUT2D eigenvalue weighted by Crippen LogP contribution is 2.54. The Morgan fingerprint density at radius 2 is 2.00 bits per heavy atom. The largest absolute Gasteiger partial charge is 0.348 e. The van der Waals surface area contributed by atoms with Crippen LogP contribution in [0, 0.1) is 5.41 Å². The number of benzene rings is 1. The van der Waals surface area contributed by atoms with E-state index in [-0.39, 0.29) is 17.7 Å². The summed E-state index contributed by atoms with van der Waals surface area (Å²) in [6, 6.07) is 8.21. The molecule has 1 aliphatic carbocycles. The van der Waals surface area contributed by atoms with Gasteiger partial charge in [0.15, 0.2) is 0 Å². The van der Waals surface area contributed by atoms with Crippen LogP contribution in [-0.2, 0) is 30.8 Å². The van der Waals surface area contributed by atoms with Crippen LogP contribution < -0.4 is 10.6 Å². The van der Waals surface area contributed by atoms with Crippen molar-refractivity contribution in [3.8, 4) is 11.1 Å². The molecule has 1 saturated heterocycles. The quantitative estimate of drug-likeness (QED) is 0.510. The minimum absolute atomic E-state index is 0.0631. The average molecular weight is 526 g/mol. The zero-order chi connectivity index (χ0) is 26.9. The molecule has 2 fully saturated rings. The van der Waals surface area contributed by atoms with Gasteiger partial charge in [-0.1, -0.05) is 12.1 Å². The maximum Gasteiger partial charge on any atom is 0.254 e. The number of hydrogen-bond donors (Lipinski definition) is 2. The maximum atomic E-state index is 13.0. The highest BCUT2D eigenvalue weighted by Gasteiger charge is 2.49. The van der Waals surface area contributed by atoms with Gasteiger partial charge in [0.25, 0.3) is 5.91 Å². The lowest BCUT2D eigenvalue weighted by Crippen LogP contribution is -2.35. The number of carbonyl (C=O) groups excluding carboxylic acids is 2. The molecule has 0 radical (unpaired) electrons. The molecule has 1 aromatic carbocycles. The Bertz CT molecular complexity index is 1500. The van der Waals surface area contributed by atoms with Crippen LogP contribution in [0.2, 0.25) is 0 Å². The molecule has 0 bridgehead atoms. The molecular weight excluding hydrogens is 490 g/mol. The second kappa shape index (κ2) is 8.91. The van der Waals surface area contributed by atoms with Crippen LogP contribution in [0.1, 0.15) is 64.5 Å². The summed E-state index contributed by atoms with van der Waals surface area (Å²) >= 11 is 0. The molecule has 1 atom stereocenters. The van der Waals surface area contributed by atoms with E-state index in [1.807, 2.05) is 44.4 Å². The number of anilines is 2. The van der Waals surface area contributed by atoms with Crippen LogP contribution in [0.25, 0.3) is 11.1 Å². The zero-order valence-electron chi connectivity index (χ0n) is 22.9. The van der Waals surface area contributed by atoms with E-state index >= 15 is 0 Å². The first-order chi connectivity index (χ1) is 18.8. The third-order valence-electron chi connectivity index (χ3n) is 9.03. The van der Waals surface area contributed by atoms with Crippen LogP contribution in [-0.4, -0.2) is 64.1 Å². The molecule has 1 saturated carbocycles. The summed E-state index contributed by atoms with van der Waals surface area (Å²) in [5, 5.41) is 11.2. The first-order valence-electron chi connectivity index (χ1n) is 13.9. The van der Waals surface area contributed by atoms with Crippen molar-refractivity contribution in [2.45, 2.75) is 57.7 Å². The van der Waals surface area contributed by atoms with Crippen LogP contribution in [0.4, 0.5) is 11.5 Å². The van der Waals surface area contributed by atoms with Crippen molar-refractivity contribution in [2.24, 2.45) is 5.41 Å². The van der Waals surface area contributed by atoms with Crippen molar-refractivity contribution in [3.05, 3.63) is 58.5 Å². The molecule has 7 rings (SSSR count). The van der Waals surface area contributed by atoms with Gasteiger partial charge in [0, 0.05) is 50.9 Å².